The molecule has 0 fully saturated rings. The van der Waals surface area contributed by atoms with Crippen LogP contribution in [0.1, 0.15) is 21.5 Å². The molecule has 0 aliphatic heterocycles. The van der Waals surface area contributed by atoms with Crippen LogP contribution in [0.25, 0.3) is 11.4 Å². The number of nitrogens with zero attached hydrogens (tertiary/aromatic N) is 4. The monoisotopic (exact) mass is 510 g/mol. The number of amides is 1. The molecular weight excluding hydrogens is 489 g/mol. The molecule has 2 aromatic carbocycles. The van der Waals surface area contributed by atoms with Gasteiger partial charge in [0.25, 0.3) is 5.91 Å². The number of nitrogens with one attached hydrogen (secondary N) is 2. The van der Waals surface area contributed by atoms with Crippen LogP contribution in [0.5, 0.6) is 17.4 Å². The van der Waals surface area contributed by atoms with Crippen LogP contribution in [0.3, 0.4) is 0 Å². The zero-order valence-corrected chi connectivity index (χ0v) is 19.9. The van der Waals surface area contributed by atoms with Crippen LogP contribution in [-0.2, 0) is 6.18 Å². The molecule has 0 radical (unpaired) electrons. The Morgan fingerprint density at radius 3 is 2.57 bits per heavy atom. The second-order valence-electron chi connectivity index (χ2n) is 7.72. The van der Waals surface area contributed by atoms with Gasteiger partial charge in [-0.15, -0.1) is 0 Å². The average Bonchev–Trinajstić information content (AvgIpc) is 2.89. The van der Waals surface area contributed by atoms with Crippen LogP contribution in [0.4, 0.5) is 24.8 Å². The number of benzene rings is 2. The number of rotatable bonds is 7. The van der Waals surface area contributed by atoms with E-state index >= 15 is 0 Å². The maximum atomic E-state index is 13.2. The maximum Gasteiger partial charge on any atom is 0.416 e. The molecule has 12 heteroatoms. The molecule has 0 atom stereocenters. The zero-order valence-electron chi connectivity index (χ0n) is 19.9. The second-order valence-corrected chi connectivity index (χ2v) is 7.72. The number of anilines is 2. The number of carbonyl (C=O) groups excluding carboxylic acids is 1. The Hall–Kier alpha value is -4.74. The van der Waals surface area contributed by atoms with Crippen LogP contribution in [0, 0.1) is 6.92 Å². The van der Waals surface area contributed by atoms with E-state index in [0.29, 0.717) is 28.6 Å². The van der Waals surface area contributed by atoms with Crippen molar-refractivity contribution in [3.8, 4) is 28.8 Å². The van der Waals surface area contributed by atoms with Crippen molar-refractivity contribution in [1.82, 2.24) is 19.9 Å². The van der Waals surface area contributed by atoms with Crippen molar-refractivity contribution in [1.29, 1.82) is 0 Å². The predicted octanol–water partition coefficient (Wildman–Crippen LogP) is 5.36. The summed E-state index contributed by atoms with van der Waals surface area (Å²) in [5.74, 6) is 0.522. The minimum Gasteiger partial charge on any atom is -0.497 e. The van der Waals surface area contributed by atoms with Gasteiger partial charge >= 0.3 is 6.18 Å². The standard InChI is InChI=1S/C25H21F3N6O3/c1-14-6-7-15(22(35)33-17-10-16(25(26,27)28)11-18(12-17)36-3)9-20(14)37-23-19(5-4-8-30-23)21-31-13-32-24(29-2)34-21/h4-13H,1-3H3,(H,33,35)(H,29,31,32,34). The number of pyridine rings is 1. The normalized spacial score (nSPS) is 11.1. The number of aryl methyl sites for hydroxylation is 1. The first-order valence-corrected chi connectivity index (χ1v) is 10.9. The fourth-order valence-electron chi connectivity index (χ4n) is 3.30. The van der Waals surface area contributed by atoms with Crippen LogP contribution < -0.4 is 20.1 Å². The predicted molar refractivity (Wildman–Crippen MR) is 130 cm³/mol. The van der Waals surface area contributed by atoms with Crippen LogP contribution in [0.15, 0.2) is 61.1 Å². The third-order valence-corrected chi connectivity index (χ3v) is 5.19. The molecule has 0 aliphatic rings. The summed E-state index contributed by atoms with van der Waals surface area (Å²) in [6.45, 7) is 1.78. The molecule has 0 bridgehead atoms. The Morgan fingerprint density at radius 1 is 1.03 bits per heavy atom. The van der Waals surface area contributed by atoms with Crippen molar-refractivity contribution in [2.45, 2.75) is 13.1 Å². The lowest BCUT2D eigenvalue weighted by Gasteiger charge is -2.14. The fraction of sp³-hybridized carbons (Fsp3) is 0.160. The number of halogens is 3. The molecule has 2 N–H and O–H groups in total. The molecular formula is C25H21F3N6O3. The van der Waals surface area contributed by atoms with E-state index < -0.39 is 17.6 Å². The van der Waals surface area contributed by atoms with Crippen molar-refractivity contribution in [3.63, 3.8) is 0 Å². The quantitative estimate of drug-likeness (QED) is 0.342. The van der Waals surface area contributed by atoms with Crippen molar-refractivity contribution in [3.05, 3.63) is 77.7 Å². The highest BCUT2D eigenvalue weighted by molar-refractivity contribution is 6.04. The minimum atomic E-state index is -4.61. The number of alkyl halides is 3. The van der Waals surface area contributed by atoms with Gasteiger partial charge in [-0.1, -0.05) is 6.07 Å². The van der Waals surface area contributed by atoms with Gasteiger partial charge in [0.1, 0.15) is 17.8 Å². The highest BCUT2D eigenvalue weighted by Gasteiger charge is 2.31. The summed E-state index contributed by atoms with van der Waals surface area (Å²) in [6.07, 6.45) is -1.72. The summed E-state index contributed by atoms with van der Waals surface area (Å²) in [5.41, 5.74) is 0.332. The molecule has 9 nitrogen and oxygen atoms in total. The summed E-state index contributed by atoms with van der Waals surface area (Å²) in [7, 11) is 2.92. The second kappa shape index (κ2) is 10.5. The van der Waals surface area contributed by atoms with Gasteiger partial charge in [0.05, 0.1) is 18.2 Å². The summed E-state index contributed by atoms with van der Waals surface area (Å²) in [4.78, 5) is 29.7. The zero-order chi connectivity index (χ0) is 26.6. The first kappa shape index (κ1) is 25.4. The number of hydrogen-bond donors (Lipinski definition) is 2. The molecule has 0 saturated heterocycles. The lowest BCUT2D eigenvalue weighted by atomic mass is 10.1. The smallest absolute Gasteiger partial charge is 0.416 e. The molecule has 4 aromatic rings. The SMILES string of the molecule is CNc1ncnc(-c2cccnc2Oc2cc(C(=O)Nc3cc(OC)cc(C(F)(F)F)c3)ccc2C)n1. The van der Waals surface area contributed by atoms with Gasteiger partial charge in [-0.3, -0.25) is 4.79 Å². The van der Waals surface area contributed by atoms with Gasteiger partial charge in [-0.05, 0) is 48.9 Å². The van der Waals surface area contributed by atoms with E-state index in [1.165, 1.54) is 37.8 Å². The molecule has 0 saturated carbocycles. The van der Waals surface area contributed by atoms with Gasteiger partial charge in [0, 0.05) is 30.6 Å². The molecule has 4 rings (SSSR count). The lowest BCUT2D eigenvalue weighted by Crippen LogP contribution is -2.14. The number of methoxy groups -OCH3 is 1. The topological polar surface area (TPSA) is 111 Å². The van der Waals surface area contributed by atoms with Gasteiger partial charge in [0.2, 0.25) is 11.8 Å². The van der Waals surface area contributed by atoms with Crippen LogP contribution >= 0.6 is 0 Å². The van der Waals surface area contributed by atoms with Gasteiger partial charge in [0.15, 0.2) is 5.82 Å². The Morgan fingerprint density at radius 2 is 1.84 bits per heavy atom. The van der Waals surface area contributed by atoms with E-state index in [4.69, 9.17) is 9.47 Å². The number of ether oxygens (including phenoxy) is 2. The molecule has 0 aliphatic carbocycles. The van der Waals surface area contributed by atoms with Crippen molar-refractivity contribution >= 4 is 17.5 Å². The molecule has 0 spiro atoms. The molecule has 190 valence electrons. The molecule has 2 aromatic heterocycles. The van der Waals surface area contributed by atoms with E-state index in [9.17, 15) is 18.0 Å². The first-order valence-electron chi connectivity index (χ1n) is 10.9. The largest absolute Gasteiger partial charge is 0.497 e. The number of hydrogen-bond acceptors (Lipinski definition) is 8. The highest BCUT2D eigenvalue weighted by atomic mass is 19.4. The Bertz CT molecular complexity index is 1450. The number of carbonyl (C=O) groups is 1. The van der Waals surface area contributed by atoms with E-state index in [0.717, 1.165) is 12.1 Å². The fourth-order valence-corrected chi connectivity index (χ4v) is 3.30. The Kier molecular flexibility index (Phi) is 7.18. The third kappa shape index (κ3) is 5.92. The van der Waals surface area contributed by atoms with Crippen LogP contribution in [0.2, 0.25) is 0 Å². The molecule has 2 heterocycles. The molecule has 37 heavy (non-hydrogen) atoms. The van der Waals surface area contributed by atoms with E-state index in [1.807, 2.05) is 0 Å². The molecule has 1 amide bonds. The minimum absolute atomic E-state index is 0.0412. The van der Waals surface area contributed by atoms with Crippen molar-refractivity contribution in [2.75, 3.05) is 24.8 Å². The van der Waals surface area contributed by atoms with Gasteiger partial charge in [-0.2, -0.15) is 18.2 Å². The third-order valence-electron chi connectivity index (χ3n) is 5.19. The van der Waals surface area contributed by atoms with E-state index in [-0.39, 0.29) is 22.9 Å². The Balaban J connectivity index is 1.62. The highest BCUT2D eigenvalue weighted by Crippen LogP contribution is 2.35. The summed E-state index contributed by atoms with van der Waals surface area (Å²) >= 11 is 0. The van der Waals surface area contributed by atoms with Crippen LogP contribution in [-0.4, -0.2) is 40.0 Å². The average molecular weight is 510 g/mol. The first-order chi connectivity index (χ1) is 17.7. The van der Waals surface area contributed by atoms with E-state index in [1.54, 1.807) is 32.2 Å². The van der Waals surface area contributed by atoms with Crippen molar-refractivity contribution in [2.24, 2.45) is 0 Å². The van der Waals surface area contributed by atoms with Gasteiger partial charge in [-0.25, -0.2) is 15.0 Å². The van der Waals surface area contributed by atoms with Gasteiger partial charge < -0.3 is 20.1 Å². The summed E-state index contributed by atoms with van der Waals surface area (Å²) in [5, 5.41) is 5.32. The molecule has 0 unspecified atom stereocenters. The van der Waals surface area contributed by atoms with Crippen molar-refractivity contribution < 1.29 is 27.4 Å². The lowest BCUT2D eigenvalue weighted by molar-refractivity contribution is -0.137. The summed E-state index contributed by atoms with van der Waals surface area (Å²) < 4.78 is 50.7. The maximum absolute atomic E-state index is 13.2. The summed E-state index contributed by atoms with van der Waals surface area (Å²) in [6, 6.07) is 11.1. The number of aromatic nitrogens is 4. The Labute approximate surface area is 209 Å². The van der Waals surface area contributed by atoms with E-state index in [2.05, 4.69) is 30.6 Å².